The summed E-state index contributed by atoms with van der Waals surface area (Å²) in [6, 6.07) is 8.79. The molecule has 3 N–H and O–H groups in total. The molecule has 0 radical (unpaired) electrons. The van der Waals surface area contributed by atoms with E-state index in [9.17, 15) is 0 Å². The SMILES string of the molecule is CCCCc1nc2c(N)nnc(OC(C)C)c2n1Cc1cccc(CNC2(C)CCC2)c1.Cl.Cl. The Labute approximate surface area is 215 Å². The topological polar surface area (TPSA) is 90.9 Å². The van der Waals surface area contributed by atoms with Gasteiger partial charge in [0.05, 0.1) is 6.10 Å². The van der Waals surface area contributed by atoms with Crippen molar-refractivity contribution in [1.29, 1.82) is 0 Å². The van der Waals surface area contributed by atoms with E-state index in [0.717, 1.165) is 37.1 Å². The Kier molecular flexibility index (Phi) is 9.97. The molecule has 0 atom stereocenters. The van der Waals surface area contributed by atoms with E-state index in [4.69, 9.17) is 15.5 Å². The largest absolute Gasteiger partial charge is 0.472 e. The smallest absolute Gasteiger partial charge is 0.260 e. The molecule has 0 saturated heterocycles. The predicted octanol–water partition coefficient (Wildman–Crippen LogP) is 5.46. The van der Waals surface area contributed by atoms with Gasteiger partial charge in [-0.05, 0) is 57.6 Å². The highest BCUT2D eigenvalue weighted by Crippen LogP contribution is 2.32. The van der Waals surface area contributed by atoms with Gasteiger partial charge in [0.1, 0.15) is 16.9 Å². The van der Waals surface area contributed by atoms with Crippen LogP contribution in [0.4, 0.5) is 5.82 Å². The van der Waals surface area contributed by atoms with Crippen LogP contribution in [0.25, 0.3) is 11.0 Å². The number of nitrogens with one attached hydrogen (secondary N) is 1. The molecule has 34 heavy (non-hydrogen) atoms. The second-order valence-electron chi connectivity index (χ2n) is 9.56. The van der Waals surface area contributed by atoms with Gasteiger partial charge in [-0.2, -0.15) is 0 Å². The van der Waals surface area contributed by atoms with E-state index >= 15 is 0 Å². The minimum atomic E-state index is -0.0131. The molecule has 1 aromatic carbocycles. The third kappa shape index (κ3) is 6.32. The third-order valence-electron chi connectivity index (χ3n) is 6.35. The molecule has 1 aliphatic rings. The zero-order valence-electron chi connectivity index (χ0n) is 20.6. The maximum absolute atomic E-state index is 6.17. The van der Waals surface area contributed by atoms with Crippen LogP contribution >= 0.6 is 24.8 Å². The summed E-state index contributed by atoms with van der Waals surface area (Å²) >= 11 is 0. The summed E-state index contributed by atoms with van der Waals surface area (Å²) in [5, 5.41) is 12.1. The summed E-state index contributed by atoms with van der Waals surface area (Å²) in [7, 11) is 0. The summed E-state index contributed by atoms with van der Waals surface area (Å²) in [6.07, 6.45) is 6.87. The van der Waals surface area contributed by atoms with E-state index < -0.39 is 0 Å². The van der Waals surface area contributed by atoms with Crippen LogP contribution in [0, 0.1) is 0 Å². The van der Waals surface area contributed by atoms with Gasteiger partial charge in [-0.15, -0.1) is 35.0 Å². The summed E-state index contributed by atoms with van der Waals surface area (Å²) in [6.45, 7) is 10.1. The lowest BCUT2D eigenvalue weighted by atomic mass is 9.78. The number of anilines is 1. The van der Waals surface area contributed by atoms with Crippen LogP contribution in [0.3, 0.4) is 0 Å². The van der Waals surface area contributed by atoms with Gasteiger partial charge in [-0.1, -0.05) is 37.6 Å². The van der Waals surface area contributed by atoms with Crippen LogP contribution in [-0.4, -0.2) is 31.4 Å². The standard InChI is InChI=1S/C25H36N6O.2ClH/c1-5-6-11-20-28-21-22(24(32-17(2)3)30-29-23(21)26)31(20)16-19-10-7-9-18(14-19)15-27-25(4)12-8-13-25;;/h7,9-10,14,17,27H,5-6,8,11-13,15-16H2,1-4H3,(H2,26,29);2*1H. The normalized spacial score (nSPS) is 14.4. The van der Waals surface area contributed by atoms with Gasteiger partial charge in [0.2, 0.25) is 0 Å². The Balaban J connectivity index is 0.00000204. The summed E-state index contributed by atoms with van der Waals surface area (Å²) in [5.41, 5.74) is 10.5. The second-order valence-corrected chi connectivity index (χ2v) is 9.56. The fraction of sp³-hybridized carbons (Fsp3) is 0.560. The zero-order valence-corrected chi connectivity index (χ0v) is 22.3. The number of ether oxygens (including phenoxy) is 1. The van der Waals surface area contributed by atoms with E-state index in [1.54, 1.807) is 0 Å². The maximum Gasteiger partial charge on any atom is 0.260 e. The first kappa shape index (κ1) is 28.1. The molecule has 0 unspecified atom stereocenters. The van der Waals surface area contributed by atoms with Gasteiger partial charge in [-0.25, -0.2) is 4.98 Å². The van der Waals surface area contributed by atoms with Crippen molar-refractivity contribution in [2.24, 2.45) is 0 Å². The summed E-state index contributed by atoms with van der Waals surface area (Å²) in [5.74, 6) is 1.84. The van der Waals surface area contributed by atoms with Gasteiger partial charge < -0.3 is 20.4 Å². The molecule has 1 saturated carbocycles. The lowest BCUT2D eigenvalue weighted by molar-refractivity contribution is 0.207. The number of fused-ring (bicyclic) bond motifs is 1. The number of hydrogen-bond acceptors (Lipinski definition) is 6. The fourth-order valence-electron chi connectivity index (χ4n) is 4.31. The number of nitrogen functional groups attached to an aromatic ring is 1. The van der Waals surface area contributed by atoms with E-state index in [0.29, 0.717) is 29.3 Å². The number of unbranched alkanes of at least 4 members (excludes halogenated alkanes) is 1. The molecule has 0 bridgehead atoms. The summed E-state index contributed by atoms with van der Waals surface area (Å²) < 4.78 is 8.21. The fourth-order valence-corrected chi connectivity index (χ4v) is 4.31. The summed E-state index contributed by atoms with van der Waals surface area (Å²) in [4.78, 5) is 4.87. The number of aryl methyl sites for hydroxylation is 1. The van der Waals surface area contributed by atoms with Gasteiger partial charge in [0.25, 0.3) is 5.88 Å². The Morgan fingerprint density at radius 2 is 1.91 bits per heavy atom. The van der Waals surface area contributed by atoms with Crippen molar-refractivity contribution < 1.29 is 4.74 Å². The predicted molar refractivity (Wildman–Crippen MR) is 143 cm³/mol. The van der Waals surface area contributed by atoms with Crippen LogP contribution in [0.2, 0.25) is 0 Å². The molecule has 0 spiro atoms. The van der Waals surface area contributed by atoms with Crippen LogP contribution in [0.1, 0.15) is 76.8 Å². The molecule has 0 amide bonds. The number of imidazole rings is 1. The molecule has 2 aromatic heterocycles. The molecule has 9 heteroatoms. The number of hydrogen-bond donors (Lipinski definition) is 2. The quantitative estimate of drug-likeness (QED) is 0.377. The van der Waals surface area contributed by atoms with Crippen LogP contribution in [-0.2, 0) is 19.5 Å². The van der Waals surface area contributed by atoms with Crippen molar-refractivity contribution in [2.75, 3.05) is 5.73 Å². The highest BCUT2D eigenvalue weighted by molar-refractivity contribution is 5.88. The highest BCUT2D eigenvalue weighted by Gasteiger charge is 2.30. The molecule has 3 aromatic rings. The molecule has 1 fully saturated rings. The average molecular weight is 510 g/mol. The first-order valence-corrected chi connectivity index (χ1v) is 11.9. The van der Waals surface area contributed by atoms with E-state index in [2.05, 4.69) is 58.2 Å². The van der Waals surface area contributed by atoms with E-state index in [1.807, 2.05) is 13.8 Å². The average Bonchev–Trinajstić information content (AvgIpc) is 3.10. The Morgan fingerprint density at radius 3 is 2.56 bits per heavy atom. The number of nitrogens with two attached hydrogens (primary N) is 1. The van der Waals surface area contributed by atoms with Gasteiger partial charge in [0.15, 0.2) is 5.82 Å². The number of rotatable bonds is 10. The molecule has 2 heterocycles. The van der Waals surface area contributed by atoms with Crippen LogP contribution in [0.5, 0.6) is 5.88 Å². The Bertz CT molecular complexity index is 1080. The van der Waals surface area contributed by atoms with Crippen molar-refractivity contribution in [3.8, 4) is 5.88 Å². The van der Waals surface area contributed by atoms with Crippen molar-refractivity contribution in [1.82, 2.24) is 25.1 Å². The molecular weight excluding hydrogens is 471 g/mol. The number of halogens is 2. The molecule has 0 aliphatic heterocycles. The van der Waals surface area contributed by atoms with Gasteiger partial charge >= 0.3 is 0 Å². The number of aromatic nitrogens is 4. The zero-order chi connectivity index (χ0) is 22.7. The van der Waals surface area contributed by atoms with Crippen LogP contribution in [0.15, 0.2) is 24.3 Å². The molecule has 188 valence electrons. The maximum atomic E-state index is 6.17. The molecule has 7 nitrogen and oxygen atoms in total. The molecule has 4 rings (SSSR count). The lowest BCUT2D eigenvalue weighted by Gasteiger charge is -2.39. The van der Waals surface area contributed by atoms with Crippen molar-refractivity contribution in [2.45, 2.75) is 91.0 Å². The number of benzene rings is 1. The van der Waals surface area contributed by atoms with Crippen molar-refractivity contribution in [3.05, 3.63) is 41.2 Å². The number of nitrogens with zero attached hydrogens (tertiary/aromatic N) is 4. The monoisotopic (exact) mass is 508 g/mol. The van der Waals surface area contributed by atoms with Gasteiger partial charge in [-0.3, -0.25) is 0 Å². The molecule has 1 aliphatic carbocycles. The lowest BCUT2D eigenvalue weighted by Crippen LogP contribution is -2.47. The van der Waals surface area contributed by atoms with E-state index in [1.165, 1.54) is 30.4 Å². The first-order valence-electron chi connectivity index (χ1n) is 11.9. The molecular formula is C25H38Cl2N6O. The van der Waals surface area contributed by atoms with Gasteiger partial charge in [0, 0.05) is 25.0 Å². The van der Waals surface area contributed by atoms with Crippen LogP contribution < -0.4 is 15.8 Å². The Hall–Kier alpha value is -2.09. The van der Waals surface area contributed by atoms with E-state index in [-0.39, 0.29) is 30.9 Å². The third-order valence-corrected chi connectivity index (χ3v) is 6.35. The Morgan fingerprint density at radius 1 is 1.18 bits per heavy atom. The highest BCUT2D eigenvalue weighted by atomic mass is 35.5. The van der Waals surface area contributed by atoms with Crippen molar-refractivity contribution in [3.63, 3.8) is 0 Å². The minimum Gasteiger partial charge on any atom is -0.472 e. The first-order chi connectivity index (χ1) is 15.4. The minimum absolute atomic E-state index is 0. The second kappa shape index (κ2) is 12.0. The van der Waals surface area contributed by atoms with Crippen molar-refractivity contribution >= 4 is 41.7 Å².